The van der Waals surface area contributed by atoms with E-state index in [0.29, 0.717) is 12.5 Å². The van der Waals surface area contributed by atoms with Gasteiger partial charge < -0.3 is 20.6 Å². The van der Waals surface area contributed by atoms with Crippen molar-refractivity contribution in [2.24, 2.45) is 11.3 Å². The van der Waals surface area contributed by atoms with Gasteiger partial charge in [-0.2, -0.15) is 0 Å². The lowest BCUT2D eigenvalue weighted by Gasteiger charge is -2.24. The van der Waals surface area contributed by atoms with Gasteiger partial charge in [0.1, 0.15) is 0 Å². The summed E-state index contributed by atoms with van der Waals surface area (Å²) in [5.41, 5.74) is -0.428. The second-order valence-corrected chi connectivity index (χ2v) is 4.73. The van der Waals surface area contributed by atoms with Crippen molar-refractivity contribution < 1.29 is 15.3 Å². The van der Waals surface area contributed by atoms with Crippen LogP contribution in [-0.2, 0) is 0 Å². The third-order valence-electron chi connectivity index (χ3n) is 2.68. The summed E-state index contributed by atoms with van der Waals surface area (Å²) < 4.78 is 0. The first-order valence-electron chi connectivity index (χ1n) is 5.61. The third-order valence-corrected chi connectivity index (χ3v) is 2.68. The molecule has 0 aromatic carbocycles. The molecule has 0 saturated carbocycles. The second kappa shape index (κ2) is 8.05. The van der Waals surface area contributed by atoms with E-state index in [2.05, 4.69) is 5.32 Å². The average molecular weight is 219 g/mol. The highest BCUT2D eigenvalue weighted by Gasteiger charge is 2.21. The topological polar surface area (TPSA) is 72.7 Å². The zero-order chi connectivity index (χ0) is 11.7. The Labute approximate surface area is 92.3 Å². The lowest BCUT2D eigenvalue weighted by atomic mass is 9.93. The van der Waals surface area contributed by atoms with Gasteiger partial charge in [-0.1, -0.05) is 13.8 Å². The Morgan fingerprint density at radius 3 is 2.27 bits per heavy atom. The van der Waals surface area contributed by atoms with Crippen LogP contribution in [0.2, 0.25) is 0 Å². The number of nitrogens with one attached hydrogen (secondary N) is 1. The molecule has 0 aromatic heterocycles. The summed E-state index contributed by atoms with van der Waals surface area (Å²) in [5.74, 6) is 0.355. The van der Waals surface area contributed by atoms with Crippen LogP contribution in [0, 0.1) is 11.3 Å². The Kier molecular flexibility index (Phi) is 7.96. The number of rotatable bonds is 9. The largest absolute Gasteiger partial charge is 0.396 e. The predicted octanol–water partition coefficient (Wildman–Crippen LogP) is -0.0245. The third kappa shape index (κ3) is 6.84. The van der Waals surface area contributed by atoms with Crippen LogP contribution in [0.3, 0.4) is 0 Å². The molecule has 0 aliphatic heterocycles. The lowest BCUT2D eigenvalue weighted by Crippen LogP contribution is -2.38. The van der Waals surface area contributed by atoms with Crippen LogP contribution in [0.25, 0.3) is 0 Å². The molecule has 0 aliphatic rings. The van der Waals surface area contributed by atoms with Gasteiger partial charge in [-0.15, -0.1) is 0 Å². The van der Waals surface area contributed by atoms with Crippen molar-refractivity contribution in [1.29, 1.82) is 0 Å². The molecule has 4 N–H and O–H groups in total. The summed E-state index contributed by atoms with van der Waals surface area (Å²) in [6, 6.07) is 0. The highest BCUT2D eigenvalue weighted by molar-refractivity contribution is 4.74. The van der Waals surface area contributed by atoms with Gasteiger partial charge in [0.05, 0.1) is 13.2 Å². The SMILES string of the molecule is CC(CO)CCCNCC(C)(CO)CO. The van der Waals surface area contributed by atoms with Gasteiger partial charge in [-0.25, -0.2) is 0 Å². The summed E-state index contributed by atoms with van der Waals surface area (Å²) in [4.78, 5) is 0. The van der Waals surface area contributed by atoms with Crippen molar-refractivity contribution >= 4 is 0 Å². The normalized spacial score (nSPS) is 14.2. The van der Waals surface area contributed by atoms with Crippen molar-refractivity contribution in [3.63, 3.8) is 0 Å². The van der Waals surface area contributed by atoms with Gasteiger partial charge in [0, 0.05) is 18.6 Å². The molecular weight excluding hydrogens is 194 g/mol. The van der Waals surface area contributed by atoms with Crippen molar-refractivity contribution in [2.45, 2.75) is 26.7 Å². The molecule has 0 aliphatic carbocycles. The Morgan fingerprint density at radius 2 is 1.80 bits per heavy atom. The fraction of sp³-hybridized carbons (Fsp3) is 1.00. The first-order valence-corrected chi connectivity index (χ1v) is 5.61. The molecule has 0 amide bonds. The highest BCUT2D eigenvalue weighted by Crippen LogP contribution is 2.12. The van der Waals surface area contributed by atoms with Crippen LogP contribution < -0.4 is 5.32 Å². The molecule has 0 heterocycles. The van der Waals surface area contributed by atoms with Crippen LogP contribution in [0.4, 0.5) is 0 Å². The molecular formula is C11H25NO3. The van der Waals surface area contributed by atoms with Crippen molar-refractivity contribution in [3.8, 4) is 0 Å². The minimum absolute atomic E-state index is 0.0104. The van der Waals surface area contributed by atoms with E-state index < -0.39 is 5.41 Å². The van der Waals surface area contributed by atoms with E-state index >= 15 is 0 Å². The number of hydrogen-bond donors (Lipinski definition) is 4. The second-order valence-electron chi connectivity index (χ2n) is 4.73. The maximum atomic E-state index is 9.04. The van der Waals surface area contributed by atoms with Gasteiger partial charge >= 0.3 is 0 Å². The van der Waals surface area contributed by atoms with Crippen LogP contribution in [-0.4, -0.2) is 48.2 Å². The molecule has 1 atom stereocenters. The number of aliphatic hydroxyl groups excluding tert-OH is 3. The van der Waals surface area contributed by atoms with E-state index in [9.17, 15) is 0 Å². The Balaban J connectivity index is 3.45. The summed E-state index contributed by atoms with van der Waals surface area (Å²) in [5, 5.41) is 30.1. The molecule has 92 valence electrons. The number of aliphatic hydroxyl groups is 3. The predicted molar refractivity (Wildman–Crippen MR) is 60.6 cm³/mol. The summed E-state index contributed by atoms with van der Waals surface area (Å²) in [6.45, 7) is 5.56. The summed E-state index contributed by atoms with van der Waals surface area (Å²) in [7, 11) is 0. The standard InChI is InChI=1S/C11H25NO3/c1-10(6-13)4-3-5-12-7-11(2,8-14)9-15/h10,12-15H,3-9H2,1-2H3. The highest BCUT2D eigenvalue weighted by atomic mass is 16.3. The number of hydrogen-bond acceptors (Lipinski definition) is 4. The monoisotopic (exact) mass is 219 g/mol. The fourth-order valence-electron chi connectivity index (χ4n) is 1.22. The smallest absolute Gasteiger partial charge is 0.0518 e. The maximum absolute atomic E-state index is 9.04. The lowest BCUT2D eigenvalue weighted by molar-refractivity contribution is 0.0697. The quantitative estimate of drug-likeness (QED) is 0.411. The van der Waals surface area contributed by atoms with E-state index in [1.54, 1.807) is 0 Å². The van der Waals surface area contributed by atoms with Crippen LogP contribution in [0.5, 0.6) is 0 Å². The van der Waals surface area contributed by atoms with Crippen molar-refractivity contribution in [1.82, 2.24) is 5.32 Å². The van der Waals surface area contributed by atoms with Crippen molar-refractivity contribution in [3.05, 3.63) is 0 Å². The summed E-state index contributed by atoms with van der Waals surface area (Å²) in [6.07, 6.45) is 2.01. The molecule has 4 nitrogen and oxygen atoms in total. The Morgan fingerprint density at radius 1 is 1.20 bits per heavy atom. The molecule has 0 spiro atoms. The first kappa shape index (κ1) is 14.8. The zero-order valence-electron chi connectivity index (χ0n) is 9.87. The zero-order valence-corrected chi connectivity index (χ0v) is 9.87. The van der Waals surface area contributed by atoms with Crippen LogP contribution >= 0.6 is 0 Å². The Bertz CT molecular complexity index is 149. The van der Waals surface area contributed by atoms with Crippen LogP contribution in [0.1, 0.15) is 26.7 Å². The van der Waals surface area contributed by atoms with E-state index in [0.717, 1.165) is 19.4 Å². The molecule has 0 saturated heterocycles. The molecule has 1 unspecified atom stereocenters. The van der Waals surface area contributed by atoms with Gasteiger partial charge in [0.25, 0.3) is 0 Å². The van der Waals surface area contributed by atoms with E-state index in [1.807, 2.05) is 13.8 Å². The fourth-order valence-corrected chi connectivity index (χ4v) is 1.22. The molecule has 0 fully saturated rings. The molecule has 0 bridgehead atoms. The van der Waals surface area contributed by atoms with Gasteiger partial charge in [-0.3, -0.25) is 0 Å². The molecule has 15 heavy (non-hydrogen) atoms. The molecule has 0 aromatic rings. The van der Waals surface area contributed by atoms with Gasteiger partial charge in [0.2, 0.25) is 0 Å². The van der Waals surface area contributed by atoms with Crippen molar-refractivity contribution in [2.75, 3.05) is 32.9 Å². The Hall–Kier alpha value is -0.160. The minimum atomic E-state index is -0.428. The van der Waals surface area contributed by atoms with E-state index in [4.69, 9.17) is 15.3 Å². The molecule has 4 heteroatoms. The first-order chi connectivity index (χ1) is 7.08. The summed E-state index contributed by atoms with van der Waals surface area (Å²) >= 11 is 0. The average Bonchev–Trinajstić information content (AvgIpc) is 2.27. The molecule has 0 radical (unpaired) electrons. The van der Waals surface area contributed by atoms with E-state index in [1.165, 1.54) is 0 Å². The van der Waals surface area contributed by atoms with Gasteiger partial charge in [-0.05, 0) is 25.3 Å². The molecule has 0 rings (SSSR count). The van der Waals surface area contributed by atoms with Crippen LogP contribution in [0.15, 0.2) is 0 Å². The minimum Gasteiger partial charge on any atom is -0.396 e. The van der Waals surface area contributed by atoms with E-state index in [-0.39, 0.29) is 19.8 Å². The maximum Gasteiger partial charge on any atom is 0.0518 e. The van der Waals surface area contributed by atoms with Gasteiger partial charge in [0.15, 0.2) is 0 Å².